The lowest BCUT2D eigenvalue weighted by Gasteiger charge is -2.07. The minimum Gasteiger partial charge on any atom is -0.387 e. The first kappa shape index (κ1) is 9.12. The first-order valence-corrected chi connectivity index (χ1v) is 4.54. The SMILES string of the molecule is NCC(O)c1cnc2ccccc2c1. The van der Waals surface area contributed by atoms with Crippen molar-refractivity contribution in [1.29, 1.82) is 0 Å². The van der Waals surface area contributed by atoms with Gasteiger partial charge < -0.3 is 10.8 Å². The number of fused-ring (bicyclic) bond motifs is 1. The second kappa shape index (κ2) is 3.74. The zero-order chi connectivity index (χ0) is 9.97. The van der Waals surface area contributed by atoms with Crippen LogP contribution in [0.3, 0.4) is 0 Å². The minimum atomic E-state index is -0.618. The fourth-order valence-electron chi connectivity index (χ4n) is 1.41. The number of aromatic nitrogens is 1. The first-order valence-electron chi connectivity index (χ1n) is 4.54. The van der Waals surface area contributed by atoms with Gasteiger partial charge in [-0.2, -0.15) is 0 Å². The zero-order valence-corrected chi connectivity index (χ0v) is 7.72. The number of hydrogen-bond donors (Lipinski definition) is 2. The largest absolute Gasteiger partial charge is 0.387 e. The predicted octanol–water partition coefficient (Wildman–Crippen LogP) is 1.23. The van der Waals surface area contributed by atoms with Crippen LogP contribution in [0.1, 0.15) is 11.7 Å². The van der Waals surface area contributed by atoms with E-state index in [1.165, 1.54) is 0 Å². The maximum atomic E-state index is 9.52. The van der Waals surface area contributed by atoms with E-state index in [4.69, 9.17) is 5.73 Å². The molecule has 3 nitrogen and oxygen atoms in total. The Bertz CT molecular complexity index is 442. The van der Waals surface area contributed by atoms with Gasteiger partial charge in [0.15, 0.2) is 0 Å². The number of rotatable bonds is 2. The van der Waals surface area contributed by atoms with Crippen LogP contribution in [0, 0.1) is 0 Å². The average molecular weight is 188 g/mol. The fraction of sp³-hybridized carbons (Fsp3) is 0.182. The Balaban J connectivity index is 2.51. The molecule has 0 saturated heterocycles. The number of aliphatic hydroxyl groups is 1. The van der Waals surface area contributed by atoms with Crippen molar-refractivity contribution in [2.24, 2.45) is 5.73 Å². The monoisotopic (exact) mass is 188 g/mol. The normalized spacial score (nSPS) is 13.0. The molecule has 0 saturated carbocycles. The van der Waals surface area contributed by atoms with Gasteiger partial charge in [-0.1, -0.05) is 18.2 Å². The van der Waals surface area contributed by atoms with E-state index in [-0.39, 0.29) is 6.54 Å². The summed E-state index contributed by atoms with van der Waals surface area (Å²) >= 11 is 0. The topological polar surface area (TPSA) is 59.1 Å². The van der Waals surface area contributed by atoms with E-state index in [2.05, 4.69) is 4.98 Å². The highest BCUT2D eigenvalue weighted by molar-refractivity contribution is 5.78. The summed E-state index contributed by atoms with van der Waals surface area (Å²) < 4.78 is 0. The van der Waals surface area contributed by atoms with Crippen LogP contribution >= 0.6 is 0 Å². The highest BCUT2D eigenvalue weighted by Gasteiger charge is 2.05. The van der Waals surface area contributed by atoms with E-state index in [0.29, 0.717) is 0 Å². The van der Waals surface area contributed by atoms with Gasteiger partial charge in [0, 0.05) is 23.7 Å². The number of nitrogens with zero attached hydrogens (tertiary/aromatic N) is 1. The third-order valence-electron chi connectivity index (χ3n) is 2.22. The molecule has 2 aromatic rings. The molecule has 0 fully saturated rings. The van der Waals surface area contributed by atoms with Gasteiger partial charge in [-0.15, -0.1) is 0 Å². The average Bonchev–Trinajstić information content (AvgIpc) is 2.27. The highest BCUT2D eigenvalue weighted by atomic mass is 16.3. The van der Waals surface area contributed by atoms with Crippen LogP contribution < -0.4 is 5.73 Å². The van der Waals surface area contributed by atoms with Crippen LogP contribution in [-0.4, -0.2) is 16.6 Å². The summed E-state index contributed by atoms with van der Waals surface area (Å²) in [5.74, 6) is 0. The Morgan fingerprint density at radius 1 is 1.36 bits per heavy atom. The number of hydrogen-bond acceptors (Lipinski definition) is 3. The molecule has 0 bridgehead atoms. The molecule has 1 aromatic heterocycles. The molecule has 0 aliphatic carbocycles. The van der Waals surface area contributed by atoms with Gasteiger partial charge in [0.1, 0.15) is 0 Å². The van der Waals surface area contributed by atoms with Gasteiger partial charge in [-0.05, 0) is 12.1 Å². The smallest absolute Gasteiger partial charge is 0.0927 e. The van der Waals surface area contributed by atoms with E-state index >= 15 is 0 Å². The lowest BCUT2D eigenvalue weighted by atomic mass is 10.1. The molecule has 0 radical (unpaired) electrons. The number of benzene rings is 1. The van der Waals surface area contributed by atoms with Crippen molar-refractivity contribution in [1.82, 2.24) is 4.98 Å². The third kappa shape index (κ3) is 1.60. The molecular formula is C11H12N2O. The lowest BCUT2D eigenvalue weighted by molar-refractivity contribution is 0.186. The number of nitrogens with two attached hydrogens (primary N) is 1. The Hall–Kier alpha value is -1.45. The molecule has 0 aliphatic rings. The van der Waals surface area contributed by atoms with Crippen LogP contribution in [0.15, 0.2) is 36.5 Å². The molecule has 14 heavy (non-hydrogen) atoms. The van der Waals surface area contributed by atoms with Crippen molar-refractivity contribution in [2.75, 3.05) is 6.54 Å². The van der Waals surface area contributed by atoms with Crippen molar-refractivity contribution >= 4 is 10.9 Å². The van der Waals surface area contributed by atoms with Crippen molar-refractivity contribution in [2.45, 2.75) is 6.10 Å². The number of pyridine rings is 1. The van der Waals surface area contributed by atoms with Crippen molar-refractivity contribution in [3.05, 3.63) is 42.1 Å². The van der Waals surface area contributed by atoms with Crippen molar-refractivity contribution in [3.8, 4) is 0 Å². The van der Waals surface area contributed by atoms with Gasteiger partial charge in [-0.3, -0.25) is 4.98 Å². The number of aliphatic hydroxyl groups excluding tert-OH is 1. The number of para-hydroxylation sites is 1. The second-order valence-electron chi connectivity index (χ2n) is 3.21. The Kier molecular flexibility index (Phi) is 2.43. The van der Waals surface area contributed by atoms with Gasteiger partial charge in [-0.25, -0.2) is 0 Å². The van der Waals surface area contributed by atoms with Crippen LogP contribution in [0.4, 0.5) is 0 Å². The molecule has 72 valence electrons. The maximum absolute atomic E-state index is 9.52. The van der Waals surface area contributed by atoms with Crippen LogP contribution in [0.2, 0.25) is 0 Å². The molecule has 3 N–H and O–H groups in total. The van der Waals surface area contributed by atoms with Crippen LogP contribution in [0.5, 0.6) is 0 Å². The Labute approximate surface area is 82.2 Å². The minimum absolute atomic E-state index is 0.222. The van der Waals surface area contributed by atoms with E-state index in [1.807, 2.05) is 30.3 Å². The quantitative estimate of drug-likeness (QED) is 0.745. The molecule has 3 heteroatoms. The van der Waals surface area contributed by atoms with Gasteiger partial charge in [0.2, 0.25) is 0 Å². The van der Waals surface area contributed by atoms with E-state index < -0.39 is 6.10 Å². The molecule has 0 spiro atoms. The summed E-state index contributed by atoms with van der Waals surface area (Å²) in [4.78, 5) is 4.23. The summed E-state index contributed by atoms with van der Waals surface area (Å²) in [6, 6.07) is 9.71. The van der Waals surface area contributed by atoms with Gasteiger partial charge in [0.25, 0.3) is 0 Å². The van der Waals surface area contributed by atoms with E-state index in [1.54, 1.807) is 6.20 Å². The Morgan fingerprint density at radius 2 is 2.14 bits per heavy atom. The third-order valence-corrected chi connectivity index (χ3v) is 2.22. The summed E-state index contributed by atoms with van der Waals surface area (Å²) in [5, 5.41) is 10.5. The predicted molar refractivity (Wildman–Crippen MR) is 55.8 cm³/mol. The highest BCUT2D eigenvalue weighted by Crippen LogP contribution is 2.17. The molecule has 0 amide bonds. The molecule has 1 unspecified atom stereocenters. The Morgan fingerprint density at radius 3 is 2.93 bits per heavy atom. The lowest BCUT2D eigenvalue weighted by Crippen LogP contribution is -2.11. The maximum Gasteiger partial charge on any atom is 0.0927 e. The molecular weight excluding hydrogens is 176 g/mol. The summed E-state index contributed by atoms with van der Waals surface area (Å²) in [5.41, 5.74) is 7.07. The van der Waals surface area contributed by atoms with E-state index in [0.717, 1.165) is 16.5 Å². The fourth-order valence-corrected chi connectivity index (χ4v) is 1.41. The van der Waals surface area contributed by atoms with Crippen molar-refractivity contribution < 1.29 is 5.11 Å². The van der Waals surface area contributed by atoms with Crippen LogP contribution in [0.25, 0.3) is 10.9 Å². The van der Waals surface area contributed by atoms with Crippen LogP contribution in [-0.2, 0) is 0 Å². The molecule has 2 rings (SSSR count). The van der Waals surface area contributed by atoms with Crippen molar-refractivity contribution in [3.63, 3.8) is 0 Å². The molecule has 1 heterocycles. The summed E-state index contributed by atoms with van der Waals surface area (Å²) in [7, 11) is 0. The van der Waals surface area contributed by atoms with Gasteiger partial charge >= 0.3 is 0 Å². The van der Waals surface area contributed by atoms with Gasteiger partial charge in [0.05, 0.1) is 11.6 Å². The zero-order valence-electron chi connectivity index (χ0n) is 7.72. The molecule has 1 aromatic carbocycles. The molecule has 0 aliphatic heterocycles. The standard InChI is InChI=1S/C11H12N2O/c12-6-11(14)9-5-8-3-1-2-4-10(8)13-7-9/h1-5,7,11,14H,6,12H2. The first-order chi connectivity index (χ1) is 6.81. The summed E-state index contributed by atoms with van der Waals surface area (Å²) in [6.45, 7) is 0.222. The second-order valence-corrected chi connectivity index (χ2v) is 3.21. The molecule has 1 atom stereocenters. The summed E-state index contributed by atoms with van der Waals surface area (Å²) in [6.07, 6.45) is 1.05. The van der Waals surface area contributed by atoms with E-state index in [9.17, 15) is 5.11 Å².